The molecule has 7 nitrogen and oxygen atoms in total. The predicted molar refractivity (Wildman–Crippen MR) is 102 cm³/mol. The van der Waals surface area contributed by atoms with Crippen molar-refractivity contribution < 1.29 is 14.3 Å². The fraction of sp³-hybridized carbons (Fsp3) is 0.579. The third-order valence-corrected chi connectivity index (χ3v) is 4.22. The Morgan fingerprint density at radius 2 is 1.73 bits per heavy atom. The standard InChI is InChI=1S/C19H30N4O3/c1-19(2,3)26-18(25)21-16(13-14-5-7-15(20)8-6-14)17(24)23-11-9-22(4)10-12-23/h5-8,16H,9-13,20H2,1-4H3,(H,21,25). The number of carbonyl (C=O) groups is 2. The molecule has 1 heterocycles. The molecule has 1 saturated heterocycles. The summed E-state index contributed by atoms with van der Waals surface area (Å²) in [5, 5.41) is 2.75. The van der Waals surface area contributed by atoms with E-state index in [2.05, 4.69) is 10.2 Å². The van der Waals surface area contributed by atoms with Gasteiger partial charge in [-0.05, 0) is 45.5 Å². The van der Waals surface area contributed by atoms with Crippen molar-refractivity contribution in [2.75, 3.05) is 39.0 Å². The van der Waals surface area contributed by atoms with Gasteiger partial charge in [-0.2, -0.15) is 0 Å². The summed E-state index contributed by atoms with van der Waals surface area (Å²) < 4.78 is 5.33. The molecule has 1 atom stereocenters. The summed E-state index contributed by atoms with van der Waals surface area (Å²) in [7, 11) is 2.03. The number of nitrogens with one attached hydrogen (secondary N) is 1. The van der Waals surface area contributed by atoms with Crippen LogP contribution in [0.3, 0.4) is 0 Å². The molecule has 1 aliphatic heterocycles. The second-order valence-electron chi connectivity index (χ2n) is 7.77. The van der Waals surface area contributed by atoms with Crippen LogP contribution < -0.4 is 11.1 Å². The Morgan fingerprint density at radius 1 is 1.15 bits per heavy atom. The van der Waals surface area contributed by atoms with Gasteiger partial charge in [0.05, 0.1) is 0 Å². The minimum absolute atomic E-state index is 0.0826. The average molecular weight is 362 g/mol. The molecule has 1 aliphatic rings. The Hall–Kier alpha value is -2.28. The summed E-state index contributed by atoms with van der Waals surface area (Å²) in [5.74, 6) is -0.0826. The number of anilines is 1. The topological polar surface area (TPSA) is 87.9 Å². The van der Waals surface area contributed by atoms with E-state index in [1.807, 2.05) is 19.2 Å². The van der Waals surface area contributed by atoms with E-state index in [4.69, 9.17) is 10.5 Å². The molecule has 144 valence electrons. The molecular formula is C19H30N4O3. The summed E-state index contributed by atoms with van der Waals surface area (Å²) in [6.45, 7) is 8.35. The van der Waals surface area contributed by atoms with Gasteiger partial charge in [0.2, 0.25) is 5.91 Å². The quantitative estimate of drug-likeness (QED) is 0.792. The van der Waals surface area contributed by atoms with Gasteiger partial charge < -0.3 is 25.6 Å². The van der Waals surface area contributed by atoms with E-state index in [0.717, 1.165) is 18.7 Å². The molecule has 0 radical (unpaired) electrons. The Kier molecular flexibility index (Phi) is 6.47. The summed E-state index contributed by atoms with van der Waals surface area (Å²) in [6.07, 6.45) is -0.189. The zero-order valence-corrected chi connectivity index (χ0v) is 16.1. The smallest absolute Gasteiger partial charge is 0.408 e. The molecule has 1 aromatic carbocycles. The largest absolute Gasteiger partial charge is 0.444 e. The number of alkyl carbamates (subject to hydrolysis) is 1. The van der Waals surface area contributed by atoms with E-state index in [1.165, 1.54) is 0 Å². The molecule has 0 aliphatic carbocycles. The molecule has 0 aromatic heterocycles. The molecule has 0 saturated carbocycles. The highest BCUT2D eigenvalue weighted by Crippen LogP contribution is 2.12. The predicted octanol–water partition coefficient (Wildman–Crippen LogP) is 1.48. The van der Waals surface area contributed by atoms with Crippen molar-refractivity contribution >= 4 is 17.7 Å². The fourth-order valence-electron chi connectivity index (χ4n) is 2.79. The van der Waals surface area contributed by atoms with Crippen LogP contribution in [0.15, 0.2) is 24.3 Å². The Bertz CT molecular complexity index is 617. The molecule has 1 aromatic rings. The molecule has 2 rings (SSSR count). The van der Waals surface area contributed by atoms with E-state index in [9.17, 15) is 9.59 Å². The normalized spacial score (nSPS) is 16.8. The van der Waals surface area contributed by atoms with Crippen LogP contribution in [0.1, 0.15) is 26.3 Å². The molecule has 3 N–H and O–H groups in total. The van der Waals surface area contributed by atoms with Gasteiger partial charge in [0.1, 0.15) is 11.6 Å². The first-order valence-corrected chi connectivity index (χ1v) is 8.95. The number of rotatable bonds is 4. The number of carbonyl (C=O) groups excluding carboxylic acids is 2. The van der Waals surface area contributed by atoms with Gasteiger partial charge in [-0.3, -0.25) is 4.79 Å². The van der Waals surface area contributed by atoms with Crippen molar-refractivity contribution in [2.45, 2.75) is 38.8 Å². The molecule has 2 amide bonds. The number of hydrogen-bond acceptors (Lipinski definition) is 5. The number of benzene rings is 1. The highest BCUT2D eigenvalue weighted by Gasteiger charge is 2.29. The lowest BCUT2D eigenvalue weighted by Gasteiger charge is -2.35. The molecule has 1 unspecified atom stereocenters. The molecule has 7 heteroatoms. The van der Waals surface area contributed by atoms with Gasteiger partial charge in [0.15, 0.2) is 0 Å². The van der Waals surface area contributed by atoms with Crippen molar-refractivity contribution in [1.82, 2.24) is 15.1 Å². The van der Waals surface area contributed by atoms with Crippen LogP contribution in [-0.4, -0.2) is 66.7 Å². The van der Waals surface area contributed by atoms with Crippen LogP contribution in [0, 0.1) is 0 Å². The first-order chi connectivity index (χ1) is 12.1. The van der Waals surface area contributed by atoms with Crippen LogP contribution >= 0.6 is 0 Å². The summed E-state index contributed by atoms with van der Waals surface area (Å²) in [4.78, 5) is 29.2. The monoisotopic (exact) mass is 362 g/mol. The highest BCUT2D eigenvalue weighted by atomic mass is 16.6. The number of ether oxygens (including phenoxy) is 1. The second kappa shape index (κ2) is 8.40. The van der Waals surface area contributed by atoms with Crippen molar-refractivity contribution in [3.8, 4) is 0 Å². The number of nitrogens with zero attached hydrogens (tertiary/aromatic N) is 2. The number of hydrogen-bond donors (Lipinski definition) is 2. The lowest BCUT2D eigenvalue weighted by molar-refractivity contribution is -0.135. The third-order valence-electron chi connectivity index (χ3n) is 4.22. The van der Waals surface area contributed by atoms with Gasteiger partial charge in [-0.15, -0.1) is 0 Å². The second-order valence-corrected chi connectivity index (χ2v) is 7.77. The fourth-order valence-corrected chi connectivity index (χ4v) is 2.79. The van der Waals surface area contributed by atoms with Gasteiger partial charge >= 0.3 is 6.09 Å². The third kappa shape index (κ3) is 6.22. The van der Waals surface area contributed by atoms with Crippen molar-refractivity contribution in [1.29, 1.82) is 0 Å². The van der Waals surface area contributed by atoms with E-state index in [-0.39, 0.29) is 5.91 Å². The van der Waals surface area contributed by atoms with E-state index < -0.39 is 17.7 Å². The number of likely N-dealkylation sites (N-methyl/N-ethyl adjacent to an activating group) is 1. The number of amides is 2. The van der Waals surface area contributed by atoms with Gasteiger partial charge in [0.25, 0.3) is 0 Å². The number of piperazine rings is 1. The average Bonchev–Trinajstić information content (AvgIpc) is 2.54. The zero-order valence-electron chi connectivity index (χ0n) is 16.1. The first kappa shape index (κ1) is 20.0. The maximum Gasteiger partial charge on any atom is 0.408 e. The maximum absolute atomic E-state index is 13.0. The Balaban J connectivity index is 2.10. The van der Waals surface area contributed by atoms with Gasteiger partial charge in [-0.1, -0.05) is 12.1 Å². The van der Waals surface area contributed by atoms with Crippen molar-refractivity contribution in [2.24, 2.45) is 0 Å². The van der Waals surface area contributed by atoms with E-state index >= 15 is 0 Å². The molecule has 0 bridgehead atoms. The molecule has 0 spiro atoms. The van der Waals surface area contributed by atoms with Crippen LogP contribution in [0.4, 0.5) is 10.5 Å². The molecule has 26 heavy (non-hydrogen) atoms. The summed E-state index contributed by atoms with van der Waals surface area (Å²) >= 11 is 0. The Morgan fingerprint density at radius 3 is 2.27 bits per heavy atom. The van der Waals surface area contributed by atoms with Crippen LogP contribution in [-0.2, 0) is 16.0 Å². The first-order valence-electron chi connectivity index (χ1n) is 8.95. The molecule has 1 fully saturated rings. The zero-order chi connectivity index (χ0) is 19.3. The van der Waals surface area contributed by atoms with Crippen LogP contribution in [0.25, 0.3) is 0 Å². The number of nitrogens with two attached hydrogens (primary N) is 1. The van der Waals surface area contributed by atoms with E-state index in [1.54, 1.807) is 37.8 Å². The van der Waals surface area contributed by atoms with Crippen LogP contribution in [0.2, 0.25) is 0 Å². The number of nitrogen functional groups attached to an aromatic ring is 1. The van der Waals surface area contributed by atoms with Crippen molar-refractivity contribution in [3.63, 3.8) is 0 Å². The van der Waals surface area contributed by atoms with Gasteiger partial charge in [-0.25, -0.2) is 4.79 Å². The summed E-state index contributed by atoms with van der Waals surface area (Å²) in [5.41, 5.74) is 6.71. The lowest BCUT2D eigenvalue weighted by Crippen LogP contribution is -2.55. The maximum atomic E-state index is 13.0. The SMILES string of the molecule is CN1CCN(C(=O)C(Cc2ccc(N)cc2)NC(=O)OC(C)(C)C)CC1. The summed E-state index contributed by atoms with van der Waals surface area (Å²) in [6, 6.07) is 6.66. The Labute approximate surface area is 155 Å². The minimum atomic E-state index is -0.670. The van der Waals surface area contributed by atoms with Gasteiger partial charge in [0, 0.05) is 38.3 Å². The molecular weight excluding hydrogens is 332 g/mol. The lowest BCUT2D eigenvalue weighted by atomic mass is 10.0. The van der Waals surface area contributed by atoms with E-state index in [0.29, 0.717) is 25.2 Å². The minimum Gasteiger partial charge on any atom is -0.444 e. The highest BCUT2D eigenvalue weighted by molar-refractivity contribution is 5.86. The van der Waals surface area contributed by atoms with Crippen LogP contribution in [0.5, 0.6) is 0 Å². The van der Waals surface area contributed by atoms with Crippen molar-refractivity contribution in [3.05, 3.63) is 29.8 Å².